The topological polar surface area (TPSA) is 16.1 Å². The van der Waals surface area contributed by atoms with Crippen LogP contribution in [-0.2, 0) is 0 Å². The minimum absolute atomic E-state index is 0.289. The largest absolute Gasteiger partial charge is 0.357 e. The van der Waals surface area contributed by atoms with Crippen LogP contribution < -0.4 is 4.90 Å². The zero-order valence-corrected chi connectivity index (χ0v) is 12.6. The summed E-state index contributed by atoms with van der Waals surface area (Å²) in [6.45, 7) is 6.26. The molecule has 1 fully saturated rings. The van der Waals surface area contributed by atoms with Crippen molar-refractivity contribution in [1.82, 2.24) is 4.98 Å². The smallest absolute Gasteiger partial charge is 0.128 e. The summed E-state index contributed by atoms with van der Waals surface area (Å²) in [5, 5.41) is 0.289. The van der Waals surface area contributed by atoms with Crippen LogP contribution in [0.2, 0.25) is 0 Å². The quantitative estimate of drug-likeness (QED) is 0.767. The van der Waals surface area contributed by atoms with E-state index in [4.69, 9.17) is 11.6 Å². The number of hydrogen-bond acceptors (Lipinski definition) is 2. The molecule has 0 N–H and O–H groups in total. The Morgan fingerprint density at radius 1 is 1.41 bits per heavy atom. The summed E-state index contributed by atoms with van der Waals surface area (Å²) >= 11 is 9.64. The first-order valence-corrected chi connectivity index (χ1v) is 7.33. The molecule has 1 unspecified atom stereocenters. The van der Waals surface area contributed by atoms with Gasteiger partial charge < -0.3 is 4.90 Å². The highest BCUT2D eigenvalue weighted by Crippen LogP contribution is 2.27. The number of halogens is 2. The van der Waals surface area contributed by atoms with Gasteiger partial charge in [-0.05, 0) is 60.7 Å². The van der Waals surface area contributed by atoms with Gasteiger partial charge in [-0.2, -0.15) is 0 Å². The Bertz CT molecular complexity index is 387. The highest BCUT2D eigenvalue weighted by Gasteiger charge is 2.23. The fraction of sp³-hybridized carbons (Fsp3) is 0.615. The van der Waals surface area contributed by atoms with Gasteiger partial charge in [-0.3, -0.25) is 0 Å². The van der Waals surface area contributed by atoms with Crippen molar-refractivity contribution >= 4 is 33.3 Å². The second kappa shape index (κ2) is 5.57. The van der Waals surface area contributed by atoms with Crippen molar-refractivity contribution in [3.05, 3.63) is 22.3 Å². The number of piperidine rings is 1. The third-order valence-electron chi connectivity index (χ3n) is 3.52. The number of hydrogen-bond donors (Lipinski definition) is 0. The Morgan fingerprint density at radius 3 is 2.59 bits per heavy atom. The van der Waals surface area contributed by atoms with E-state index in [9.17, 15) is 0 Å². The SMILES string of the molecule is Cc1nc(N2CCC(C(C)Cl)CC2)ccc1Br. The molecule has 0 amide bonds. The predicted octanol–water partition coefficient (Wildman–Crippen LogP) is 4.00. The van der Waals surface area contributed by atoms with Gasteiger partial charge in [0.05, 0.1) is 5.69 Å². The van der Waals surface area contributed by atoms with E-state index in [2.05, 4.69) is 44.9 Å². The first kappa shape index (κ1) is 13.2. The number of alkyl halides is 1. The van der Waals surface area contributed by atoms with Crippen LogP contribution in [0.5, 0.6) is 0 Å². The third-order valence-corrected chi connectivity index (χ3v) is 4.71. The molecule has 1 saturated heterocycles. The fourth-order valence-electron chi connectivity index (χ4n) is 2.29. The fourth-order valence-corrected chi connectivity index (χ4v) is 2.77. The molecule has 1 aromatic heterocycles. The first-order chi connectivity index (χ1) is 8.08. The zero-order chi connectivity index (χ0) is 12.4. The molecule has 0 aromatic carbocycles. The van der Waals surface area contributed by atoms with E-state index in [1.54, 1.807) is 0 Å². The molecular formula is C13H18BrClN2. The van der Waals surface area contributed by atoms with E-state index in [1.807, 2.05) is 6.92 Å². The lowest BCUT2D eigenvalue weighted by molar-refractivity contribution is 0.398. The molecular weight excluding hydrogens is 300 g/mol. The lowest BCUT2D eigenvalue weighted by Crippen LogP contribution is -2.36. The Hall–Kier alpha value is -0.280. The second-order valence-electron chi connectivity index (χ2n) is 4.74. The molecule has 2 rings (SSSR count). The van der Waals surface area contributed by atoms with Gasteiger partial charge >= 0.3 is 0 Å². The summed E-state index contributed by atoms with van der Waals surface area (Å²) in [5.41, 5.74) is 1.05. The normalized spacial score (nSPS) is 19.4. The summed E-state index contributed by atoms with van der Waals surface area (Å²) < 4.78 is 1.07. The molecule has 2 nitrogen and oxygen atoms in total. The molecule has 2 heterocycles. The van der Waals surface area contributed by atoms with E-state index >= 15 is 0 Å². The van der Waals surface area contributed by atoms with Crippen LogP contribution in [0.4, 0.5) is 5.82 Å². The van der Waals surface area contributed by atoms with Crippen molar-refractivity contribution in [2.45, 2.75) is 32.1 Å². The molecule has 4 heteroatoms. The molecule has 1 atom stereocenters. The summed E-state index contributed by atoms with van der Waals surface area (Å²) in [6.07, 6.45) is 2.34. The molecule has 0 saturated carbocycles. The van der Waals surface area contributed by atoms with Gasteiger partial charge in [-0.1, -0.05) is 0 Å². The molecule has 17 heavy (non-hydrogen) atoms. The van der Waals surface area contributed by atoms with E-state index in [-0.39, 0.29) is 5.38 Å². The van der Waals surface area contributed by atoms with E-state index < -0.39 is 0 Å². The lowest BCUT2D eigenvalue weighted by Gasteiger charge is -2.34. The lowest BCUT2D eigenvalue weighted by atomic mass is 9.94. The van der Waals surface area contributed by atoms with Crippen molar-refractivity contribution in [2.24, 2.45) is 5.92 Å². The minimum Gasteiger partial charge on any atom is -0.357 e. The minimum atomic E-state index is 0.289. The van der Waals surface area contributed by atoms with Gasteiger partial charge in [0.15, 0.2) is 0 Å². The number of nitrogens with zero attached hydrogens (tertiary/aromatic N) is 2. The van der Waals surface area contributed by atoms with Crippen LogP contribution in [0.25, 0.3) is 0 Å². The summed E-state index contributed by atoms with van der Waals surface area (Å²) in [4.78, 5) is 6.97. The predicted molar refractivity (Wildman–Crippen MR) is 76.9 cm³/mol. The molecule has 0 spiro atoms. The van der Waals surface area contributed by atoms with Crippen molar-refractivity contribution < 1.29 is 0 Å². The van der Waals surface area contributed by atoms with Crippen LogP contribution in [0, 0.1) is 12.8 Å². The van der Waals surface area contributed by atoms with Gasteiger partial charge in [0.25, 0.3) is 0 Å². The number of anilines is 1. The van der Waals surface area contributed by atoms with Crippen LogP contribution >= 0.6 is 27.5 Å². The number of rotatable bonds is 2. The van der Waals surface area contributed by atoms with Crippen LogP contribution in [0.15, 0.2) is 16.6 Å². The number of pyridine rings is 1. The van der Waals surface area contributed by atoms with Crippen molar-refractivity contribution in [3.8, 4) is 0 Å². The Morgan fingerprint density at radius 2 is 2.06 bits per heavy atom. The van der Waals surface area contributed by atoms with Gasteiger partial charge in [-0.15, -0.1) is 11.6 Å². The summed E-state index contributed by atoms with van der Waals surface area (Å²) in [7, 11) is 0. The van der Waals surface area contributed by atoms with Gasteiger partial charge in [0.1, 0.15) is 5.82 Å². The number of aromatic nitrogens is 1. The molecule has 1 aliphatic heterocycles. The average Bonchev–Trinajstić information content (AvgIpc) is 2.33. The summed E-state index contributed by atoms with van der Waals surface area (Å²) in [5.74, 6) is 1.75. The Kier molecular flexibility index (Phi) is 4.31. The molecule has 1 aromatic rings. The Balaban J connectivity index is 2.03. The molecule has 0 bridgehead atoms. The molecule has 1 aliphatic rings. The van der Waals surface area contributed by atoms with Gasteiger partial charge in [-0.25, -0.2) is 4.98 Å². The third kappa shape index (κ3) is 3.14. The molecule has 0 aliphatic carbocycles. The van der Waals surface area contributed by atoms with E-state index in [0.717, 1.165) is 29.1 Å². The zero-order valence-electron chi connectivity index (χ0n) is 10.3. The second-order valence-corrected chi connectivity index (χ2v) is 6.28. The van der Waals surface area contributed by atoms with Gasteiger partial charge in [0.2, 0.25) is 0 Å². The molecule has 94 valence electrons. The highest BCUT2D eigenvalue weighted by molar-refractivity contribution is 9.10. The Labute approximate surface area is 116 Å². The highest BCUT2D eigenvalue weighted by atomic mass is 79.9. The van der Waals surface area contributed by atoms with Crippen molar-refractivity contribution in [1.29, 1.82) is 0 Å². The standard InChI is InChI=1S/C13H18BrClN2/c1-9(15)11-5-7-17(8-6-11)13-4-3-12(14)10(2)16-13/h3-4,9,11H,5-8H2,1-2H3. The maximum atomic E-state index is 6.16. The summed E-state index contributed by atoms with van der Waals surface area (Å²) in [6, 6.07) is 4.16. The monoisotopic (exact) mass is 316 g/mol. The van der Waals surface area contributed by atoms with E-state index in [0.29, 0.717) is 5.92 Å². The van der Waals surface area contributed by atoms with Gasteiger partial charge in [0, 0.05) is 22.9 Å². The maximum absolute atomic E-state index is 6.16. The first-order valence-electron chi connectivity index (χ1n) is 6.10. The maximum Gasteiger partial charge on any atom is 0.128 e. The van der Waals surface area contributed by atoms with Crippen LogP contribution in [-0.4, -0.2) is 23.5 Å². The van der Waals surface area contributed by atoms with Crippen LogP contribution in [0.1, 0.15) is 25.5 Å². The van der Waals surface area contributed by atoms with Crippen LogP contribution in [0.3, 0.4) is 0 Å². The van der Waals surface area contributed by atoms with E-state index in [1.165, 1.54) is 12.8 Å². The van der Waals surface area contributed by atoms with Crippen molar-refractivity contribution in [3.63, 3.8) is 0 Å². The molecule has 0 radical (unpaired) electrons. The number of aryl methyl sites for hydroxylation is 1. The average molecular weight is 318 g/mol. The van der Waals surface area contributed by atoms with Crippen molar-refractivity contribution in [2.75, 3.05) is 18.0 Å².